The van der Waals surface area contributed by atoms with E-state index in [0.29, 0.717) is 6.07 Å². The SMILES string of the molecule is CCc1cnc(C(C)Nc2nc(F)c(F)cc2F)s1. The van der Waals surface area contributed by atoms with Gasteiger partial charge in [0.25, 0.3) is 5.95 Å². The van der Waals surface area contributed by atoms with Crippen molar-refractivity contribution in [2.75, 3.05) is 5.32 Å². The Bertz CT molecular complexity index is 586. The van der Waals surface area contributed by atoms with Crippen molar-refractivity contribution in [1.82, 2.24) is 9.97 Å². The average molecular weight is 287 g/mol. The smallest absolute Gasteiger partial charge is 0.251 e. The predicted octanol–water partition coefficient (Wildman–Crippen LogP) is 3.69. The molecule has 2 aromatic heterocycles. The summed E-state index contributed by atoms with van der Waals surface area (Å²) in [6.07, 6.45) is 2.61. The lowest BCUT2D eigenvalue weighted by atomic mass is 10.3. The third-order valence-corrected chi connectivity index (χ3v) is 3.85. The zero-order chi connectivity index (χ0) is 14.0. The molecule has 0 aliphatic carbocycles. The summed E-state index contributed by atoms with van der Waals surface area (Å²) in [7, 11) is 0. The Morgan fingerprint density at radius 1 is 1.32 bits per heavy atom. The Morgan fingerprint density at radius 2 is 2.05 bits per heavy atom. The lowest BCUT2D eigenvalue weighted by Gasteiger charge is -2.12. The number of hydrogen-bond donors (Lipinski definition) is 1. The number of nitrogens with one attached hydrogen (secondary N) is 1. The van der Waals surface area contributed by atoms with E-state index in [1.807, 2.05) is 6.92 Å². The topological polar surface area (TPSA) is 37.8 Å². The molecule has 19 heavy (non-hydrogen) atoms. The average Bonchev–Trinajstić information content (AvgIpc) is 2.84. The van der Waals surface area contributed by atoms with Gasteiger partial charge in [0.05, 0.1) is 6.04 Å². The second-order valence-electron chi connectivity index (χ2n) is 3.98. The van der Waals surface area contributed by atoms with Crippen molar-refractivity contribution < 1.29 is 13.2 Å². The van der Waals surface area contributed by atoms with Crippen molar-refractivity contribution in [2.24, 2.45) is 0 Å². The number of aromatic nitrogens is 2. The van der Waals surface area contributed by atoms with Crippen molar-refractivity contribution in [3.8, 4) is 0 Å². The highest BCUT2D eigenvalue weighted by Gasteiger charge is 2.16. The standard InChI is InChI=1S/C12H12F3N3S/c1-3-7-5-16-12(19-7)6(2)17-11-9(14)4-8(13)10(15)18-11/h4-6H,3H2,1-2H3,(H,17,18). The van der Waals surface area contributed by atoms with Gasteiger partial charge in [-0.15, -0.1) is 11.3 Å². The first-order chi connectivity index (χ1) is 9.01. The summed E-state index contributed by atoms with van der Waals surface area (Å²) in [5, 5.41) is 3.43. The Labute approximate surface area is 112 Å². The lowest BCUT2D eigenvalue weighted by molar-refractivity contribution is 0.465. The van der Waals surface area contributed by atoms with E-state index < -0.39 is 17.6 Å². The van der Waals surface area contributed by atoms with Gasteiger partial charge in [-0.25, -0.2) is 13.8 Å². The van der Waals surface area contributed by atoms with E-state index in [0.717, 1.165) is 16.3 Å². The van der Waals surface area contributed by atoms with Crippen LogP contribution < -0.4 is 5.32 Å². The Morgan fingerprint density at radius 3 is 2.68 bits per heavy atom. The molecule has 1 atom stereocenters. The normalized spacial score (nSPS) is 12.5. The lowest BCUT2D eigenvalue weighted by Crippen LogP contribution is -2.10. The third-order valence-electron chi connectivity index (χ3n) is 2.53. The number of thiazole rings is 1. The number of halogens is 3. The molecule has 102 valence electrons. The highest BCUT2D eigenvalue weighted by Crippen LogP contribution is 2.24. The minimum absolute atomic E-state index is 0.320. The summed E-state index contributed by atoms with van der Waals surface area (Å²) in [4.78, 5) is 8.50. The zero-order valence-corrected chi connectivity index (χ0v) is 11.2. The molecular formula is C12H12F3N3S. The molecule has 2 heterocycles. The largest absolute Gasteiger partial charge is 0.359 e. The van der Waals surface area contributed by atoms with Gasteiger partial charge in [-0.3, -0.25) is 0 Å². The van der Waals surface area contributed by atoms with Crippen LogP contribution in [-0.2, 0) is 6.42 Å². The fraction of sp³-hybridized carbons (Fsp3) is 0.333. The maximum absolute atomic E-state index is 13.4. The summed E-state index contributed by atoms with van der Waals surface area (Å²) >= 11 is 1.48. The van der Waals surface area contributed by atoms with Gasteiger partial charge in [-0.1, -0.05) is 6.92 Å². The van der Waals surface area contributed by atoms with Gasteiger partial charge in [-0.2, -0.15) is 9.37 Å². The highest BCUT2D eigenvalue weighted by molar-refractivity contribution is 7.11. The first-order valence-corrected chi connectivity index (χ1v) is 6.55. The molecule has 0 bridgehead atoms. The summed E-state index contributed by atoms with van der Waals surface area (Å²) in [5.41, 5.74) is 0. The van der Waals surface area contributed by atoms with Crippen molar-refractivity contribution in [3.63, 3.8) is 0 Å². The Balaban J connectivity index is 2.18. The number of nitrogens with zero attached hydrogens (tertiary/aromatic N) is 2. The van der Waals surface area contributed by atoms with E-state index in [-0.39, 0.29) is 11.9 Å². The fourth-order valence-electron chi connectivity index (χ4n) is 1.50. The van der Waals surface area contributed by atoms with Crippen LogP contribution in [0.1, 0.15) is 29.8 Å². The summed E-state index contributed by atoms with van der Waals surface area (Å²) in [5.74, 6) is -3.89. The molecule has 1 unspecified atom stereocenters. The molecule has 1 N–H and O–H groups in total. The predicted molar refractivity (Wildman–Crippen MR) is 67.6 cm³/mol. The Kier molecular flexibility index (Phi) is 4.04. The molecule has 0 aliphatic heterocycles. The van der Waals surface area contributed by atoms with Gasteiger partial charge in [-0.05, 0) is 13.3 Å². The van der Waals surface area contributed by atoms with Crippen LogP contribution in [0, 0.1) is 17.6 Å². The summed E-state index contributed by atoms with van der Waals surface area (Å²) in [6, 6.07) is 0.133. The minimum Gasteiger partial charge on any atom is -0.359 e. The summed E-state index contributed by atoms with van der Waals surface area (Å²) < 4.78 is 39.1. The van der Waals surface area contributed by atoms with E-state index in [9.17, 15) is 13.2 Å². The third kappa shape index (κ3) is 3.04. The van der Waals surface area contributed by atoms with Crippen LogP contribution in [-0.4, -0.2) is 9.97 Å². The van der Waals surface area contributed by atoms with E-state index in [2.05, 4.69) is 15.3 Å². The van der Waals surface area contributed by atoms with E-state index in [1.165, 1.54) is 11.3 Å². The molecule has 0 saturated heterocycles. The van der Waals surface area contributed by atoms with E-state index >= 15 is 0 Å². The minimum atomic E-state index is -1.33. The molecule has 0 fully saturated rings. The fourth-order valence-corrected chi connectivity index (χ4v) is 2.36. The van der Waals surface area contributed by atoms with Gasteiger partial charge in [0.2, 0.25) is 0 Å². The second kappa shape index (κ2) is 5.56. The monoisotopic (exact) mass is 287 g/mol. The van der Waals surface area contributed by atoms with E-state index in [4.69, 9.17) is 0 Å². The van der Waals surface area contributed by atoms with Crippen molar-refractivity contribution in [3.05, 3.63) is 39.7 Å². The van der Waals surface area contributed by atoms with E-state index in [1.54, 1.807) is 13.1 Å². The van der Waals surface area contributed by atoms with Crippen molar-refractivity contribution >= 4 is 17.2 Å². The zero-order valence-electron chi connectivity index (χ0n) is 10.4. The number of anilines is 1. The summed E-state index contributed by atoms with van der Waals surface area (Å²) in [6.45, 7) is 3.76. The van der Waals surface area contributed by atoms with Gasteiger partial charge in [0.15, 0.2) is 17.5 Å². The number of hydrogen-bond acceptors (Lipinski definition) is 4. The molecule has 0 aliphatic rings. The van der Waals surface area contributed by atoms with Crippen LogP contribution in [0.15, 0.2) is 12.3 Å². The highest BCUT2D eigenvalue weighted by atomic mass is 32.1. The molecular weight excluding hydrogens is 275 g/mol. The Hall–Kier alpha value is -1.63. The van der Waals surface area contributed by atoms with Crippen molar-refractivity contribution in [1.29, 1.82) is 0 Å². The van der Waals surface area contributed by atoms with Crippen LogP contribution in [0.4, 0.5) is 19.0 Å². The molecule has 2 rings (SSSR count). The molecule has 0 radical (unpaired) electrons. The van der Waals surface area contributed by atoms with Crippen LogP contribution in [0.25, 0.3) is 0 Å². The number of pyridine rings is 1. The molecule has 2 aromatic rings. The maximum Gasteiger partial charge on any atom is 0.251 e. The first-order valence-electron chi connectivity index (χ1n) is 5.74. The van der Waals surface area contributed by atoms with Gasteiger partial charge in [0.1, 0.15) is 5.01 Å². The molecule has 3 nitrogen and oxygen atoms in total. The quantitative estimate of drug-likeness (QED) is 0.871. The number of aryl methyl sites for hydroxylation is 1. The van der Waals surface area contributed by atoms with Crippen molar-refractivity contribution in [2.45, 2.75) is 26.3 Å². The molecule has 7 heteroatoms. The molecule has 0 aromatic carbocycles. The van der Waals surface area contributed by atoms with Crippen LogP contribution in [0.2, 0.25) is 0 Å². The number of rotatable bonds is 4. The first kappa shape index (κ1) is 13.8. The van der Waals surface area contributed by atoms with Crippen LogP contribution in [0.3, 0.4) is 0 Å². The van der Waals surface area contributed by atoms with Crippen LogP contribution in [0.5, 0.6) is 0 Å². The maximum atomic E-state index is 13.4. The van der Waals surface area contributed by atoms with Gasteiger partial charge in [0, 0.05) is 17.1 Å². The molecule has 0 amide bonds. The van der Waals surface area contributed by atoms with Gasteiger partial charge >= 0.3 is 0 Å². The molecule has 0 spiro atoms. The second-order valence-corrected chi connectivity index (χ2v) is 5.12. The molecule has 0 saturated carbocycles. The van der Waals surface area contributed by atoms with Gasteiger partial charge < -0.3 is 5.32 Å². The van der Waals surface area contributed by atoms with Crippen LogP contribution >= 0.6 is 11.3 Å².